The van der Waals surface area contributed by atoms with E-state index in [-0.39, 0.29) is 6.10 Å². The molecule has 88 valence electrons. The quantitative estimate of drug-likeness (QED) is 0.778. The minimum atomic E-state index is 0.0631. The molecule has 0 saturated carbocycles. The molecule has 0 fully saturated rings. The maximum atomic E-state index is 10.8. The Morgan fingerprint density at radius 2 is 2.06 bits per heavy atom. The Morgan fingerprint density at radius 1 is 1.38 bits per heavy atom. The first-order valence-electron chi connectivity index (χ1n) is 5.16. The van der Waals surface area contributed by atoms with Gasteiger partial charge in [-0.1, -0.05) is 0 Å². The number of carbonyl (C=O) groups excluding carboxylic acids is 1. The van der Waals surface area contributed by atoms with Crippen molar-refractivity contribution < 1.29 is 14.3 Å². The van der Waals surface area contributed by atoms with E-state index < -0.39 is 0 Å². The lowest BCUT2D eigenvalue weighted by atomic mass is 10.2. The van der Waals surface area contributed by atoms with Crippen LogP contribution in [0.25, 0.3) is 0 Å². The van der Waals surface area contributed by atoms with Gasteiger partial charge in [-0.05, 0) is 48.8 Å². The van der Waals surface area contributed by atoms with Crippen LogP contribution >= 0.6 is 15.9 Å². The zero-order valence-electron chi connectivity index (χ0n) is 9.62. The van der Waals surface area contributed by atoms with Crippen LogP contribution in [0.5, 0.6) is 11.5 Å². The minimum absolute atomic E-state index is 0.0631. The molecule has 0 bridgehead atoms. The van der Waals surface area contributed by atoms with Gasteiger partial charge in [-0.2, -0.15) is 0 Å². The summed E-state index contributed by atoms with van der Waals surface area (Å²) in [6.07, 6.45) is 0.847. The van der Waals surface area contributed by atoms with Gasteiger partial charge in [0.25, 0.3) is 0 Å². The van der Waals surface area contributed by atoms with Crippen molar-refractivity contribution in [2.24, 2.45) is 0 Å². The Balaban J connectivity index is 3.13. The summed E-state index contributed by atoms with van der Waals surface area (Å²) >= 11 is 3.32. The molecule has 0 aliphatic carbocycles. The van der Waals surface area contributed by atoms with Crippen molar-refractivity contribution >= 4 is 22.2 Å². The van der Waals surface area contributed by atoms with Crippen LogP contribution in [0.4, 0.5) is 0 Å². The summed E-state index contributed by atoms with van der Waals surface area (Å²) in [6, 6.07) is 3.44. The van der Waals surface area contributed by atoms with Crippen LogP contribution in [0, 0.1) is 0 Å². The first kappa shape index (κ1) is 13.0. The summed E-state index contributed by atoms with van der Waals surface area (Å²) in [5.41, 5.74) is 0.555. The van der Waals surface area contributed by atoms with Crippen molar-refractivity contribution in [2.75, 3.05) is 6.61 Å². The third-order valence-electron chi connectivity index (χ3n) is 1.85. The number of aldehydes is 1. The number of hydrogen-bond donors (Lipinski definition) is 0. The molecular formula is C12H15BrO3. The average Bonchev–Trinajstić information content (AvgIpc) is 2.21. The van der Waals surface area contributed by atoms with Gasteiger partial charge in [0.1, 0.15) is 0 Å². The fourth-order valence-corrected chi connectivity index (χ4v) is 1.67. The van der Waals surface area contributed by atoms with Crippen molar-refractivity contribution in [3.63, 3.8) is 0 Å². The third kappa shape index (κ3) is 3.23. The lowest BCUT2D eigenvalue weighted by molar-refractivity contribution is 0.112. The molecule has 3 nitrogen and oxygen atoms in total. The fourth-order valence-electron chi connectivity index (χ4n) is 1.26. The second-order valence-electron chi connectivity index (χ2n) is 3.54. The summed E-state index contributed by atoms with van der Waals surface area (Å²) in [7, 11) is 0. The summed E-state index contributed by atoms with van der Waals surface area (Å²) in [6.45, 7) is 6.31. The predicted molar refractivity (Wildman–Crippen MR) is 66.5 cm³/mol. The Bertz CT molecular complexity index is 375. The first-order chi connectivity index (χ1) is 7.58. The highest BCUT2D eigenvalue weighted by atomic mass is 79.9. The molecule has 1 aromatic carbocycles. The molecule has 0 saturated heterocycles. The van der Waals surface area contributed by atoms with Crippen molar-refractivity contribution in [2.45, 2.75) is 26.9 Å². The lowest BCUT2D eigenvalue weighted by Crippen LogP contribution is -2.07. The molecule has 0 radical (unpaired) electrons. The topological polar surface area (TPSA) is 35.5 Å². The monoisotopic (exact) mass is 286 g/mol. The third-order valence-corrected chi connectivity index (χ3v) is 2.54. The summed E-state index contributed by atoms with van der Waals surface area (Å²) in [5, 5.41) is 0. The Hall–Kier alpha value is -1.03. The minimum Gasteiger partial charge on any atom is -0.490 e. The molecule has 0 amide bonds. The number of benzene rings is 1. The second-order valence-corrected chi connectivity index (χ2v) is 4.39. The second kappa shape index (κ2) is 5.89. The van der Waals surface area contributed by atoms with Crippen LogP contribution in [-0.4, -0.2) is 19.0 Å². The van der Waals surface area contributed by atoms with E-state index in [1.54, 1.807) is 12.1 Å². The van der Waals surface area contributed by atoms with Gasteiger partial charge in [0, 0.05) is 10.0 Å². The molecule has 0 atom stereocenters. The van der Waals surface area contributed by atoms with Crippen LogP contribution in [0.3, 0.4) is 0 Å². The molecule has 0 spiro atoms. The molecule has 16 heavy (non-hydrogen) atoms. The van der Waals surface area contributed by atoms with E-state index in [1.807, 2.05) is 20.8 Å². The normalized spacial score (nSPS) is 10.3. The SMILES string of the molecule is CCOc1cc(C=O)c(Br)cc1OC(C)C. The van der Waals surface area contributed by atoms with Crippen LogP contribution < -0.4 is 9.47 Å². The van der Waals surface area contributed by atoms with E-state index in [4.69, 9.17) is 9.47 Å². The molecule has 4 heteroatoms. The Labute approximate surface area is 104 Å². The zero-order chi connectivity index (χ0) is 12.1. The molecule has 0 aliphatic heterocycles. The predicted octanol–water partition coefficient (Wildman–Crippen LogP) is 3.45. The van der Waals surface area contributed by atoms with Gasteiger partial charge < -0.3 is 9.47 Å². The maximum Gasteiger partial charge on any atom is 0.162 e. The highest BCUT2D eigenvalue weighted by molar-refractivity contribution is 9.10. The van der Waals surface area contributed by atoms with E-state index in [9.17, 15) is 4.79 Å². The summed E-state index contributed by atoms with van der Waals surface area (Å²) in [4.78, 5) is 10.8. The van der Waals surface area contributed by atoms with Gasteiger partial charge in [0.2, 0.25) is 0 Å². The van der Waals surface area contributed by atoms with Gasteiger partial charge in [-0.15, -0.1) is 0 Å². The summed E-state index contributed by atoms with van der Waals surface area (Å²) < 4.78 is 11.7. The van der Waals surface area contributed by atoms with Crippen molar-refractivity contribution in [3.05, 3.63) is 22.2 Å². The van der Waals surface area contributed by atoms with Gasteiger partial charge >= 0.3 is 0 Å². The van der Waals surface area contributed by atoms with Crippen LogP contribution in [-0.2, 0) is 0 Å². The summed E-state index contributed by atoms with van der Waals surface area (Å²) in [5.74, 6) is 1.25. The molecule has 0 N–H and O–H groups in total. The molecule has 1 aromatic rings. The van der Waals surface area contributed by atoms with Gasteiger partial charge in [0.05, 0.1) is 12.7 Å². The number of rotatable bonds is 5. The largest absolute Gasteiger partial charge is 0.490 e. The first-order valence-corrected chi connectivity index (χ1v) is 5.96. The number of ether oxygens (including phenoxy) is 2. The van der Waals surface area contributed by atoms with Crippen molar-refractivity contribution in [3.8, 4) is 11.5 Å². The Morgan fingerprint density at radius 3 is 2.56 bits per heavy atom. The van der Waals surface area contributed by atoms with E-state index in [0.717, 1.165) is 6.29 Å². The smallest absolute Gasteiger partial charge is 0.162 e. The molecule has 0 aliphatic rings. The van der Waals surface area contributed by atoms with Crippen LogP contribution in [0.1, 0.15) is 31.1 Å². The van der Waals surface area contributed by atoms with E-state index in [0.29, 0.717) is 28.1 Å². The Kier molecular flexibility index (Phi) is 4.80. The average molecular weight is 287 g/mol. The van der Waals surface area contributed by atoms with Gasteiger partial charge in [-0.25, -0.2) is 0 Å². The standard InChI is InChI=1S/C12H15BrO3/c1-4-15-11-5-9(7-14)10(13)6-12(11)16-8(2)3/h5-8H,4H2,1-3H3. The number of carbonyl (C=O) groups is 1. The van der Waals surface area contributed by atoms with Crippen molar-refractivity contribution in [1.29, 1.82) is 0 Å². The molecular weight excluding hydrogens is 272 g/mol. The van der Waals surface area contributed by atoms with Gasteiger partial charge in [-0.3, -0.25) is 4.79 Å². The molecule has 0 unspecified atom stereocenters. The van der Waals surface area contributed by atoms with E-state index in [2.05, 4.69) is 15.9 Å². The van der Waals surface area contributed by atoms with Crippen molar-refractivity contribution in [1.82, 2.24) is 0 Å². The van der Waals surface area contributed by atoms with Crippen LogP contribution in [0.15, 0.2) is 16.6 Å². The lowest BCUT2D eigenvalue weighted by Gasteiger charge is -2.15. The molecule has 0 aromatic heterocycles. The highest BCUT2D eigenvalue weighted by Crippen LogP contribution is 2.33. The molecule has 0 heterocycles. The number of hydrogen-bond acceptors (Lipinski definition) is 3. The molecule has 1 rings (SSSR count). The van der Waals surface area contributed by atoms with Crippen LogP contribution in [0.2, 0.25) is 0 Å². The number of halogens is 1. The fraction of sp³-hybridized carbons (Fsp3) is 0.417. The highest BCUT2D eigenvalue weighted by Gasteiger charge is 2.11. The van der Waals surface area contributed by atoms with Gasteiger partial charge in [0.15, 0.2) is 17.8 Å². The maximum absolute atomic E-state index is 10.8. The van der Waals surface area contributed by atoms with E-state index >= 15 is 0 Å². The zero-order valence-corrected chi connectivity index (χ0v) is 11.2. The van der Waals surface area contributed by atoms with E-state index in [1.165, 1.54) is 0 Å².